The molecule has 0 atom stereocenters. The highest BCUT2D eigenvalue weighted by atomic mass is 32.2. The molecule has 0 bridgehead atoms. The molecule has 0 radical (unpaired) electrons. The number of sulfonamides is 1. The van der Waals surface area contributed by atoms with Gasteiger partial charge in [-0.15, -0.1) is 0 Å². The highest BCUT2D eigenvalue weighted by molar-refractivity contribution is 7.92. The number of amides is 1. The van der Waals surface area contributed by atoms with Gasteiger partial charge in [0, 0.05) is 12.5 Å². The van der Waals surface area contributed by atoms with Crippen molar-refractivity contribution < 1.29 is 17.9 Å². The number of nitrogens with zero attached hydrogens (tertiary/aromatic N) is 1. The Bertz CT molecular complexity index is 1200. The second kappa shape index (κ2) is 8.00. The second-order valence-corrected chi connectivity index (χ2v) is 9.43. The first-order valence-electron chi connectivity index (χ1n) is 9.03. The predicted molar refractivity (Wildman–Crippen MR) is 117 cm³/mol. The zero-order valence-electron chi connectivity index (χ0n) is 16.9. The molecule has 154 valence electrons. The predicted octanol–water partition coefficient (Wildman–Crippen LogP) is 4.38. The smallest absolute Gasteiger partial charge is 0.262 e. The van der Waals surface area contributed by atoms with E-state index in [1.54, 1.807) is 32.0 Å². The number of benzene rings is 2. The first-order valence-corrected chi connectivity index (χ1v) is 11.3. The van der Waals surface area contributed by atoms with Crippen LogP contribution in [-0.4, -0.2) is 26.4 Å². The monoisotopic (exact) mass is 433 g/mol. The quantitative estimate of drug-likeness (QED) is 0.601. The lowest BCUT2D eigenvalue weighted by atomic mass is 10.1. The number of fused-ring (bicyclic) bond motifs is 1. The topological polar surface area (TPSA) is 97.4 Å². The fourth-order valence-electron chi connectivity index (χ4n) is 2.91. The number of carbonyl (C=O) groups excluding carboxylic acids is 1. The Morgan fingerprint density at radius 1 is 1.10 bits per heavy atom. The Morgan fingerprint density at radius 3 is 2.45 bits per heavy atom. The summed E-state index contributed by atoms with van der Waals surface area (Å²) in [7, 11) is -2.29. The zero-order valence-corrected chi connectivity index (χ0v) is 18.5. The average Bonchev–Trinajstić information content (AvgIpc) is 3.05. The molecule has 2 aromatic carbocycles. The van der Waals surface area contributed by atoms with Crippen LogP contribution < -0.4 is 14.8 Å². The van der Waals surface area contributed by atoms with Crippen LogP contribution in [0, 0.1) is 20.8 Å². The van der Waals surface area contributed by atoms with Gasteiger partial charge in [-0.1, -0.05) is 24.3 Å². The summed E-state index contributed by atoms with van der Waals surface area (Å²) in [6.07, 6.45) is 0.341. The standard InChI is InChI=1S/C20H23N3O4S2/c1-6-18(24)21-20-22-19-15(27-5)9-14(10-16(19)28-20)23-29(25,26)17-8-12(3)11(2)7-13(17)4/h7-10,23H,6H2,1-5H3,(H,21,22,24). The zero-order chi connectivity index (χ0) is 21.3. The number of hydrogen-bond acceptors (Lipinski definition) is 6. The number of hydrogen-bond donors (Lipinski definition) is 2. The van der Waals surface area contributed by atoms with Crippen LogP contribution in [0.1, 0.15) is 30.0 Å². The molecule has 1 amide bonds. The SMILES string of the molecule is CCC(=O)Nc1nc2c(OC)cc(NS(=O)(=O)c3cc(C)c(C)cc3C)cc2s1. The first kappa shape index (κ1) is 21.1. The molecule has 1 aromatic heterocycles. The van der Waals surface area contributed by atoms with Gasteiger partial charge in [0.25, 0.3) is 10.0 Å². The van der Waals surface area contributed by atoms with Gasteiger partial charge in [0.05, 0.1) is 22.4 Å². The number of anilines is 2. The molecule has 9 heteroatoms. The van der Waals surface area contributed by atoms with E-state index < -0.39 is 10.0 Å². The number of carbonyl (C=O) groups is 1. The van der Waals surface area contributed by atoms with E-state index in [9.17, 15) is 13.2 Å². The number of thiazole rings is 1. The summed E-state index contributed by atoms with van der Waals surface area (Å²) in [5.74, 6) is 0.277. The molecule has 0 aliphatic carbocycles. The summed E-state index contributed by atoms with van der Waals surface area (Å²) < 4.78 is 34.7. The summed E-state index contributed by atoms with van der Waals surface area (Å²) in [4.78, 5) is 16.3. The number of aryl methyl sites for hydroxylation is 3. The third kappa shape index (κ3) is 4.35. The minimum absolute atomic E-state index is 0.144. The van der Waals surface area contributed by atoms with E-state index in [4.69, 9.17) is 4.74 Å². The normalized spacial score (nSPS) is 11.5. The lowest BCUT2D eigenvalue weighted by Crippen LogP contribution is -2.15. The maximum atomic E-state index is 13.0. The van der Waals surface area contributed by atoms with Crippen molar-refractivity contribution in [1.29, 1.82) is 0 Å². The fourth-order valence-corrected chi connectivity index (χ4v) is 5.20. The molecule has 0 spiro atoms. The number of nitrogens with one attached hydrogen (secondary N) is 2. The molecule has 0 fully saturated rings. The van der Waals surface area contributed by atoms with E-state index in [0.717, 1.165) is 11.1 Å². The molecule has 0 aliphatic heterocycles. The van der Waals surface area contributed by atoms with Crippen molar-refractivity contribution in [3.05, 3.63) is 41.0 Å². The molecule has 3 aromatic rings. The van der Waals surface area contributed by atoms with Gasteiger partial charge in [0.15, 0.2) is 5.13 Å². The number of rotatable bonds is 6. The maximum absolute atomic E-state index is 13.0. The van der Waals surface area contributed by atoms with Crippen LogP contribution in [0.5, 0.6) is 5.75 Å². The van der Waals surface area contributed by atoms with E-state index >= 15 is 0 Å². The molecule has 2 N–H and O–H groups in total. The van der Waals surface area contributed by atoms with Crippen molar-refractivity contribution in [2.75, 3.05) is 17.1 Å². The maximum Gasteiger partial charge on any atom is 0.262 e. The van der Waals surface area contributed by atoms with Crippen LogP contribution in [0.25, 0.3) is 10.2 Å². The van der Waals surface area contributed by atoms with Crippen molar-refractivity contribution in [3.8, 4) is 5.75 Å². The number of aromatic nitrogens is 1. The third-order valence-corrected chi connectivity index (χ3v) is 7.02. The Morgan fingerprint density at radius 2 is 1.79 bits per heavy atom. The molecular formula is C20H23N3O4S2. The average molecular weight is 434 g/mol. The van der Waals surface area contributed by atoms with Gasteiger partial charge >= 0.3 is 0 Å². The Hall–Kier alpha value is -2.65. The van der Waals surface area contributed by atoms with Crippen LogP contribution in [-0.2, 0) is 14.8 Å². The molecule has 1 heterocycles. The van der Waals surface area contributed by atoms with Gasteiger partial charge in [-0.3, -0.25) is 9.52 Å². The fraction of sp³-hybridized carbons (Fsp3) is 0.300. The van der Waals surface area contributed by atoms with Crippen LogP contribution >= 0.6 is 11.3 Å². The van der Waals surface area contributed by atoms with Crippen LogP contribution in [0.15, 0.2) is 29.2 Å². The minimum atomic E-state index is -3.78. The summed E-state index contributed by atoms with van der Waals surface area (Å²) >= 11 is 1.26. The van der Waals surface area contributed by atoms with Crippen LogP contribution in [0.2, 0.25) is 0 Å². The van der Waals surface area contributed by atoms with Crippen molar-refractivity contribution >= 4 is 48.3 Å². The molecule has 0 aliphatic rings. The van der Waals surface area contributed by atoms with Crippen molar-refractivity contribution in [3.63, 3.8) is 0 Å². The van der Waals surface area contributed by atoms with E-state index in [2.05, 4.69) is 15.0 Å². The van der Waals surface area contributed by atoms with Gasteiger partial charge in [-0.25, -0.2) is 13.4 Å². The summed E-state index contributed by atoms with van der Waals surface area (Å²) in [6, 6.07) is 6.81. The van der Waals surface area contributed by atoms with Gasteiger partial charge in [-0.05, 0) is 49.6 Å². The molecule has 0 saturated carbocycles. The van der Waals surface area contributed by atoms with E-state index in [1.807, 2.05) is 19.9 Å². The largest absolute Gasteiger partial charge is 0.494 e. The third-order valence-electron chi connectivity index (χ3n) is 4.58. The molecule has 0 saturated heterocycles. The second-order valence-electron chi connectivity index (χ2n) is 6.75. The van der Waals surface area contributed by atoms with Gasteiger partial charge in [-0.2, -0.15) is 0 Å². The van der Waals surface area contributed by atoms with E-state index in [0.29, 0.717) is 38.8 Å². The highest BCUT2D eigenvalue weighted by Crippen LogP contribution is 2.36. The van der Waals surface area contributed by atoms with Gasteiger partial charge in [0.2, 0.25) is 5.91 Å². The van der Waals surface area contributed by atoms with Gasteiger partial charge < -0.3 is 10.1 Å². The van der Waals surface area contributed by atoms with Crippen LogP contribution in [0.4, 0.5) is 10.8 Å². The number of methoxy groups -OCH3 is 1. The minimum Gasteiger partial charge on any atom is -0.494 e. The summed E-state index contributed by atoms with van der Waals surface area (Å²) in [5, 5.41) is 3.16. The van der Waals surface area contributed by atoms with E-state index in [-0.39, 0.29) is 10.8 Å². The summed E-state index contributed by atoms with van der Waals surface area (Å²) in [6.45, 7) is 7.36. The molecule has 7 nitrogen and oxygen atoms in total. The Labute approximate surface area is 174 Å². The lowest BCUT2D eigenvalue weighted by molar-refractivity contribution is -0.115. The Kier molecular flexibility index (Phi) is 5.81. The highest BCUT2D eigenvalue weighted by Gasteiger charge is 2.20. The van der Waals surface area contributed by atoms with Crippen molar-refractivity contribution in [2.24, 2.45) is 0 Å². The first-order chi connectivity index (χ1) is 13.6. The van der Waals surface area contributed by atoms with E-state index in [1.165, 1.54) is 18.4 Å². The van der Waals surface area contributed by atoms with Crippen molar-refractivity contribution in [1.82, 2.24) is 4.98 Å². The molecule has 29 heavy (non-hydrogen) atoms. The van der Waals surface area contributed by atoms with Gasteiger partial charge in [0.1, 0.15) is 11.3 Å². The Balaban J connectivity index is 2.01. The molecule has 0 unspecified atom stereocenters. The molecule has 3 rings (SSSR count). The number of ether oxygens (including phenoxy) is 1. The lowest BCUT2D eigenvalue weighted by Gasteiger charge is -2.13. The van der Waals surface area contributed by atoms with Crippen LogP contribution in [0.3, 0.4) is 0 Å². The molecular weight excluding hydrogens is 410 g/mol. The summed E-state index contributed by atoms with van der Waals surface area (Å²) in [5.41, 5.74) is 3.55. The van der Waals surface area contributed by atoms with Crippen molar-refractivity contribution in [2.45, 2.75) is 39.0 Å².